The molecule has 0 aliphatic rings. The molecular weight excluding hydrogens is 392 g/mol. The van der Waals surface area contributed by atoms with Crippen LogP contribution in [0.4, 0.5) is 14.5 Å². The SMILES string of the molecule is O=C(CCCc1nnc2c(=O)n(-c3cccc(F)c3)ccn12)Nc1ccc(F)cc1. The lowest BCUT2D eigenvalue weighted by Crippen LogP contribution is -2.20. The van der Waals surface area contributed by atoms with Crippen LogP contribution in [0.1, 0.15) is 18.7 Å². The Hall–Kier alpha value is -3.88. The minimum Gasteiger partial charge on any atom is -0.326 e. The Morgan fingerprint density at radius 1 is 1.00 bits per heavy atom. The van der Waals surface area contributed by atoms with Gasteiger partial charge < -0.3 is 5.32 Å². The topological polar surface area (TPSA) is 81.3 Å². The molecule has 0 fully saturated rings. The van der Waals surface area contributed by atoms with E-state index in [9.17, 15) is 18.4 Å². The Balaban J connectivity index is 1.44. The molecule has 7 nitrogen and oxygen atoms in total. The van der Waals surface area contributed by atoms with E-state index in [1.165, 1.54) is 53.2 Å². The molecule has 4 aromatic rings. The first-order valence-corrected chi connectivity index (χ1v) is 9.28. The van der Waals surface area contributed by atoms with E-state index in [1.54, 1.807) is 16.7 Å². The fraction of sp³-hybridized carbons (Fsp3) is 0.143. The second-order valence-corrected chi connectivity index (χ2v) is 6.67. The summed E-state index contributed by atoms with van der Waals surface area (Å²) in [6, 6.07) is 11.2. The smallest absolute Gasteiger partial charge is 0.300 e. The largest absolute Gasteiger partial charge is 0.326 e. The summed E-state index contributed by atoms with van der Waals surface area (Å²) in [4.78, 5) is 24.7. The van der Waals surface area contributed by atoms with Crippen molar-refractivity contribution >= 4 is 17.2 Å². The molecule has 2 aromatic heterocycles. The lowest BCUT2D eigenvalue weighted by molar-refractivity contribution is -0.116. The summed E-state index contributed by atoms with van der Waals surface area (Å²) in [5, 5.41) is 10.7. The van der Waals surface area contributed by atoms with Crippen LogP contribution < -0.4 is 10.9 Å². The van der Waals surface area contributed by atoms with Crippen LogP contribution in [-0.4, -0.2) is 25.1 Å². The highest BCUT2D eigenvalue weighted by atomic mass is 19.1. The van der Waals surface area contributed by atoms with Crippen molar-refractivity contribution in [1.82, 2.24) is 19.2 Å². The molecule has 0 atom stereocenters. The zero-order valence-electron chi connectivity index (χ0n) is 15.8. The zero-order valence-corrected chi connectivity index (χ0v) is 15.8. The second-order valence-electron chi connectivity index (χ2n) is 6.67. The average Bonchev–Trinajstić information content (AvgIpc) is 3.14. The van der Waals surface area contributed by atoms with E-state index in [2.05, 4.69) is 15.5 Å². The van der Waals surface area contributed by atoms with Crippen LogP contribution in [0.5, 0.6) is 0 Å². The highest BCUT2D eigenvalue weighted by Gasteiger charge is 2.12. The first kappa shape index (κ1) is 19.4. The third-order valence-electron chi connectivity index (χ3n) is 4.56. The number of aryl methyl sites for hydroxylation is 1. The number of fused-ring (bicyclic) bond motifs is 1. The quantitative estimate of drug-likeness (QED) is 0.531. The maximum atomic E-state index is 13.5. The summed E-state index contributed by atoms with van der Waals surface area (Å²) < 4.78 is 29.2. The highest BCUT2D eigenvalue weighted by molar-refractivity contribution is 5.90. The Kier molecular flexibility index (Phi) is 5.34. The van der Waals surface area contributed by atoms with Crippen molar-refractivity contribution in [3.05, 3.63) is 88.7 Å². The van der Waals surface area contributed by atoms with E-state index in [-0.39, 0.29) is 23.8 Å². The first-order valence-electron chi connectivity index (χ1n) is 9.28. The van der Waals surface area contributed by atoms with E-state index in [0.717, 1.165) is 0 Å². The zero-order chi connectivity index (χ0) is 21.1. The number of anilines is 1. The molecule has 9 heteroatoms. The van der Waals surface area contributed by atoms with Crippen LogP contribution in [0.2, 0.25) is 0 Å². The third-order valence-corrected chi connectivity index (χ3v) is 4.56. The van der Waals surface area contributed by atoms with Crippen molar-refractivity contribution in [2.24, 2.45) is 0 Å². The van der Waals surface area contributed by atoms with Crippen LogP contribution in [0.3, 0.4) is 0 Å². The minimum atomic E-state index is -0.444. The number of hydrogen-bond donors (Lipinski definition) is 1. The number of carbonyl (C=O) groups excluding carboxylic acids is 1. The molecule has 0 aliphatic carbocycles. The molecule has 0 saturated carbocycles. The third kappa shape index (κ3) is 4.09. The Bertz CT molecular complexity index is 1260. The van der Waals surface area contributed by atoms with Gasteiger partial charge in [-0.15, -0.1) is 10.2 Å². The summed E-state index contributed by atoms with van der Waals surface area (Å²) >= 11 is 0. The van der Waals surface area contributed by atoms with E-state index in [1.807, 2.05) is 0 Å². The lowest BCUT2D eigenvalue weighted by Gasteiger charge is -2.07. The number of rotatable bonds is 6. The van der Waals surface area contributed by atoms with E-state index < -0.39 is 11.4 Å². The fourth-order valence-electron chi connectivity index (χ4n) is 3.10. The van der Waals surface area contributed by atoms with Gasteiger partial charge in [0.2, 0.25) is 11.6 Å². The van der Waals surface area contributed by atoms with Gasteiger partial charge in [-0.3, -0.25) is 18.6 Å². The summed E-state index contributed by atoms with van der Waals surface area (Å²) in [6.07, 6.45) is 4.31. The fourth-order valence-corrected chi connectivity index (χ4v) is 3.10. The molecule has 0 aliphatic heterocycles. The molecular formula is C21H17F2N5O2. The van der Waals surface area contributed by atoms with Crippen LogP contribution in [0, 0.1) is 11.6 Å². The average molecular weight is 409 g/mol. The normalized spacial score (nSPS) is 11.0. The van der Waals surface area contributed by atoms with Gasteiger partial charge in [-0.25, -0.2) is 8.78 Å². The molecule has 4 rings (SSSR count). The lowest BCUT2D eigenvalue weighted by atomic mass is 10.2. The number of aromatic nitrogens is 4. The van der Waals surface area contributed by atoms with E-state index in [0.29, 0.717) is 30.0 Å². The second kappa shape index (κ2) is 8.24. The van der Waals surface area contributed by atoms with Gasteiger partial charge >= 0.3 is 5.56 Å². The van der Waals surface area contributed by atoms with Crippen molar-refractivity contribution in [3.63, 3.8) is 0 Å². The van der Waals surface area contributed by atoms with E-state index in [4.69, 9.17) is 0 Å². The standard InChI is InChI=1S/C21H17F2N5O2/c22-14-7-9-16(10-8-14)24-19(29)6-2-5-18-25-26-20-21(30)27(11-12-28(18)20)17-4-1-3-15(23)13-17/h1,3-4,7-13H,2,5-6H2,(H,24,29). The monoisotopic (exact) mass is 409 g/mol. The van der Waals surface area contributed by atoms with Crippen LogP contribution in [0.15, 0.2) is 65.7 Å². The maximum Gasteiger partial charge on any atom is 0.300 e. The van der Waals surface area contributed by atoms with Gasteiger partial charge in [0.1, 0.15) is 17.5 Å². The molecule has 0 spiro atoms. The molecule has 1 amide bonds. The van der Waals surface area contributed by atoms with Crippen molar-refractivity contribution < 1.29 is 13.6 Å². The predicted molar refractivity (Wildman–Crippen MR) is 107 cm³/mol. The molecule has 0 bridgehead atoms. The predicted octanol–water partition coefficient (Wildman–Crippen LogP) is 3.12. The highest BCUT2D eigenvalue weighted by Crippen LogP contribution is 2.11. The van der Waals surface area contributed by atoms with E-state index >= 15 is 0 Å². The van der Waals surface area contributed by atoms with Crippen molar-refractivity contribution in [2.45, 2.75) is 19.3 Å². The van der Waals surface area contributed by atoms with Gasteiger partial charge in [0, 0.05) is 30.9 Å². The molecule has 2 aromatic carbocycles. The molecule has 30 heavy (non-hydrogen) atoms. The van der Waals surface area contributed by atoms with Crippen LogP contribution in [-0.2, 0) is 11.2 Å². The van der Waals surface area contributed by atoms with Crippen molar-refractivity contribution in [3.8, 4) is 5.69 Å². The first-order chi connectivity index (χ1) is 14.5. The number of nitrogens with one attached hydrogen (secondary N) is 1. The summed E-state index contributed by atoms with van der Waals surface area (Å²) in [5.74, 6) is -0.476. The van der Waals surface area contributed by atoms with Crippen LogP contribution >= 0.6 is 0 Å². The number of benzene rings is 2. The Labute approximate surface area is 169 Å². The van der Waals surface area contributed by atoms with Gasteiger partial charge in [-0.05, 0) is 48.9 Å². The van der Waals surface area contributed by atoms with Gasteiger partial charge in [0.15, 0.2) is 0 Å². The molecule has 0 unspecified atom stereocenters. The van der Waals surface area contributed by atoms with Gasteiger partial charge in [-0.2, -0.15) is 0 Å². The van der Waals surface area contributed by atoms with Gasteiger partial charge in [0.25, 0.3) is 0 Å². The number of amides is 1. The molecule has 1 N–H and O–H groups in total. The van der Waals surface area contributed by atoms with Gasteiger partial charge in [-0.1, -0.05) is 6.07 Å². The van der Waals surface area contributed by atoms with Crippen LogP contribution in [0.25, 0.3) is 11.3 Å². The maximum absolute atomic E-state index is 13.5. The Morgan fingerprint density at radius 3 is 2.57 bits per heavy atom. The summed E-state index contributed by atoms with van der Waals surface area (Å²) in [6.45, 7) is 0. The van der Waals surface area contributed by atoms with Crippen molar-refractivity contribution in [1.29, 1.82) is 0 Å². The molecule has 152 valence electrons. The Morgan fingerprint density at radius 2 is 1.80 bits per heavy atom. The number of halogens is 2. The number of nitrogens with zero attached hydrogens (tertiary/aromatic N) is 4. The summed E-state index contributed by atoms with van der Waals surface area (Å²) in [7, 11) is 0. The molecule has 0 saturated heterocycles. The van der Waals surface area contributed by atoms with Gasteiger partial charge in [0.05, 0.1) is 5.69 Å². The van der Waals surface area contributed by atoms with Crippen molar-refractivity contribution in [2.75, 3.05) is 5.32 Å². The molecule has 2 heterocycles. The number of carbonyl (C=O) groups is 1. The summed E-state index contributed by atoms with van der Waals surface area (Å²) in [5.41, 5.74) is 0.611. The molecule has 0 radical (unpaired) electrons. The number of hydrogen-bond acceptors (Lipinski definition) is 4. The minimum absolute atomic E-state index is 0.118.